The molecular formula is C19H27N3O3. The van der Waals surface area contributed by atoms with Gasteiger partial charge in [0.1, 0.15) is 11.4 Å². The molecule has 0 unspecified atom stereocenters. The lowest BCUT2D eigenvalue weighted by atomic mass is 9.90. The van der Waals surface area contributed by atoms with Crippen LogP contribution in [0.2, 0.25) is 0 Å². The number of rotatable bonds is 2. The van der Waals surface area contributed by atoms with Crippen LogP contribution in [0.1, 0.15) is 37.3 Å². The Morgan fingerprint density at radius 2 is 1.96 bits per heavy atom. The van der Waals surface area contributed by atoms with Crippen LogP contribution in [0.3, 0.4) is 0 Å². The Kier molecular flexibility index (Phi) is 4.99. The molecule has 0 aromatic heterocycles. The highest BCUT2D eigenvalue weighted by atomic mass is 16.5. The number of fused-ring (bicyclic) bond motifs is 1. The van der Waals surface area contributed by atoms with Crippen molar-refractivity contribution in [3.63, 3.8) is 0 Å². The highest BCUT2D eigenvalue weighted by molar-refractivity contribution is 5.76. The Bertz CT molecular complexity index is 666. The van der Waals surface area contributed by atoms with E-state index in [-0.39, 0.29) is 11.8 Å². The minimum Gasteiger partial charge on any atom is -0.485 e. The summed E-state index contributed by atoms with van der Waals surface area (Å²) in [5.74, 6) is 1.01. The number of nitrogens with zero attached hydrogens (tertiary/aromatic N) is 2. The van der Waals surface area contributed by atoms with Gasteiger partial charge in [-0.1, -0.05) is 17.7 Å². The van der Waals surface area contributed by atoms with Crippen LogP contribution in [0, 0.1) is 6.92 Å². The fourth-order valence-corrected chi connectivity index (χ4v) is 3.73. The van der Waals surface area contributed by atoms with Gasteiger partial charge < -0.3 is 20.3 Å². The average Bonchev–Trinajstić information content (AvgIpc) is 2.72. The summed E-state index contributed by atoms with van der Waals surface area (Å²) in [7, 11) is 0. The van der Waals surface area contributed by atoms with E-state index in [2.05, 4.69) is 6.07 Å². The maximum atomic E-state index is 12.1. The van der Waals surface area contributed by atoms with Crippen molar-refractivity contribution in [2.24, 2.45) is 5.73 Å². The molecule has 3 rings (SSSR count). The van der Waals surface area contributed by atoms with Gasteiger partial charge in [-0.15, -0.1) is 0 Å². The summed E-state index contributed by atoms with van der Waals surface area (Å²) in [5, 5.41) is 0. The zero-order chi connectivity index (χ0) is 18.0. The number of likely N-dealkylation sites (tertiary alicyclic amines) is 1. The van der Waals surface area contributed by atoms with Gasteiger partial charge in [0.05, 0.1) is 6.54 Å². The highest BCUT2D eigenvalue weighted by Gasteiger charge is 2.42. The summed E-state index contributed by atoms with van der Waals surface area (Å²) < 4.78 is 6.45. The van der Waals surface area contributed by atoms with Gasteiger partial charge in [0.25, 0.3) is 0 Å². The first-order chi connectivity index (χ1) is 11.9. The van der Waals surface area contributed by atoms with E-state index in [4.69, 9.17) is 10.5 Å². The molecule has 25 heavy (non-hydrogen) atoms. The number of aryl methyl sites for hydroxylation is 1. The minimum atomic E-state index is -0.425. The van der Waals surface area contributed by atoms with Crippen molar-refractivity contribution in [2.75, 3.05) is 26.2 Å². The molecule has 2 aliphatic heterocycles. The zero-order valence-corrected chi connectivity index (χ0v) is 15.1. The molecule has 0 aliphatic carbocycles. The summed E-state index contributed by atoms with van der Waals surface area (Å²) in [5.41, 5.74) is 7.27. The predicted molar refractivity (Wildman–Crippen MR) is 95.1 cm³/mol. The number of piperidine rings is 1. The molecule has 1 aromatic rings. The first-order valence-electron chi connectivity index (χ1n) is 8.94. The molecule has 0 atom stereocenters. The SMILES string of the molecule is CC(=O)N1Cc2cc(C)ccc2OC2(CCN(C(=O)CCN)CC2)C1. The van der Waals surface area contributed by atoms with Crippen molar-refractivity contribution >= 4 is 11.8 Å². The Balaban J connectivity index is 1.82. The molecule has 6 heteroatoms. The van der Waals surface area contributed by atoms with Crippen LogP contribution in [0.4, 0.5) is 0 Å². The van der Waals surface area contributed by atoms with Gasteiger partial charge in [0.2, 0.25) is 11.8 Å². The van der Waals surface area contributed by atoms with Crippen molar-refractivity contribution in [1.29, 1.82) is 0 Å². The fraction of sp³-hybridized carbons (Fsp3) is 0.579. The minimum absolute atomic E-state index is 0.0546. The van der Waals surface area contributed by atoms with Crippen LogP contribution in [0.5, 0.6) is 5.75 Å². The third-order valence-corrected chi connectivity index (χ3v) is 5.21. The number of benzene rings is 1. The summed E-state index contributed by atoms with van der Waals surface area (Å²) in [6.45, 7) is 6.45. The Morgan fingerprint density at radius 3 is 2.60 bits per heavy atom. The fourth-order valence-electron chi connectivity index (χ4n) is 3.73. The van der Waals surface area contributed by atoms with E-state index in [9.17, 15) is 9.59 Å². The smallest absolute Gasteiger partial charge is 0.223 e. The van der Waals surface area contributed by atoms with Gasteiger partial charge in [-0.25, -0.2) is 0 Å². The van der Waals surface area contributed by atoms with Gasteiger partial charge in [-0.3, -0.25) is 9.59 Å². The monoisotopic (exact) mass is 345 g/mol. The van der Waals surface area contributed by atoms with Crippen molar-refractivity contribution in [2.45, 2.75) is 45.3 Å². The van der Waals surface area contributed by atoms with E-state index < -0.39 is 5.60 Å². The molecular weight excluding hydrogens is 318 g/mol. The van der Waals surface area contributed by atoms with Crippen LogP contribution in [-0.4, -0.2) is 53.4 Å². The summed E-state index contributed by atoms with van der Waals surface area (Å²) in [6.07, 6.45) is 1.83. The molecule has 2 amide bonds. The summed E-state index contributed by atoms with van der Waals surface area (Å²) in [4.78, 5) is 27.9. The molecule has 1 aromatic carbocycles. The van der Waals surface area contributed by atoms with Gasteiger partial charge in [0, 0.05) is 57.9 Å². The standard InChI is InChI=1S/C19H27N3O3/c1-14-3-4-17-16(11-14)12-22(15(2)23)13-19(25-17)6-9-21(10-7-19)18(24)5-8-20/h3-4,11H,5-10,12-13,20H2,1-2H3. The first-order valence-corrected chi connectivity index (χ1v) is 8.94. The van der Waals surface area contributed by atoms with Gasteiger partial charge in [-0.2, -0.15) is 0 Å². The molecule has 2 heterocycles. The molecule has 1 spiro atoms. The molecule has 6 nitrogen and oxygen atoms in total. The van der Waals surface area contributed by atoms with Crippen LogP contribution in [0.25, 0.3) is 0 Å². The number of hydrogen-bond acceptors (Lipinski definition) is 4. The Hall–Kier alpha value is -2.08. The molecule has 2 N–H and O–H groups in total. The first kappa shape index (κ1) is 17.7. The largest absolute Gasteiger partial charge is 0.485 e. The van der Waals surface area contributed by atoms with Crippen LogP contribution in [0.15, 0.2) is 18.2 Å². The topological polar surface area (TPSA) is 75.9 Å². The molecule has 136 valence electrons. The lowest BCUT2D eigenvalue weighted by Gasteiger charge is -2.42. The molecule has 1 fully saturated rings. The number of amides is 2. The maximum Gasteiger partial charge on any atom is 0.223 e. The quantitative estimate of drug-likeness (QED) is 0.880. The van der Waals surface area contributed by atoms with Crippen LogP contribution < -0.4 is 10.5 Å². The van der Waals surface area contributed by atoms with E-state index in [0.29, 0.717) is 39.1 Å². The maximum absolute atomic E-state index is 12.1. The van der Waals surface area contributed by atoms with Crippen molar-refractivity contribution in [3.05, 3.63) is 29.3 Å². The molecule has 0 saturated carbocycles. The third-order valence-electron chi connectivity index (χ3n) is 5.21. The highest BCUT2D eigenvalue weighted by Crippen LogP contribution is 2.36. The number of carbonyl (C=O) groups is 2. The van der Waals surface area contributed by atoms with Gasteiger partial charge in [-0.05, 0) is 13.0 Å². The summed E-state index contributed by atoms with van der Waals surface area (Å²) >= 11 is 0. The van der Waals surface area contributed by atoms with Crippen molar-refractivity contribution < 1.29 is 14.3 Å². The normalized spacial score (nSPS) is 19.2. The number of hydrogen-bond donors (Lipinski definition) is 1. The van der Waals surface area contributed by atoms with E-state index in [1.807, 2.05) is 28.9 Å². The lowest BCUT2D eigenvalue weighted by molar-refractivity contribution is -0.138. The van der Waals surface area contributed by atoms with Crippen molar-refractivity contribution in [1.82, 2.24) is 9.80 Å². The average molecular weight is 345 g/mol. The molecule has 0 radical (unpaired) electrons. The van der Waals surface area contributed by atoms with E-state index in [1.165, 1.54) is 0 Å². The number of carbonyl (C=O) groups excluding carboxylic acids is 2. The second kappa shape index (κ2) is 7.04. The third kappa shape index (κ3) is 3.79. The molecule has 1 saturated heterocycles. The van der Waals surface area contributed by atoms with Gasteiger partial charge >= 0.3 is 0 Å². The second-order valence-corrected chi connectivity index (χ2v) is 7.19. The zero-order valence-electron chi connectivity index (χ0n) is 15.1. The lowest BCUT2D eigenvalue weighted by Crippen LogP contribution is -2.55. The van der Waals surface area contributed by atoms with Gasteiger partial charge in [0.15, 0.2) is 0 Å². The number of nitrogens with two attached hydrogens (primary N) is 1. The molecule has 0 bridgehead atoms. The van der Waals surface area contributed by atoms with E-state index in [1.54, 1.807) is 6.92 Å². The van der Waals surface area contributed by atoms with Crippen LogP contribution >= 0.6 is 0 Å². The Labute approximate surface area is 148 Å². The summed E-state index contributed by atoms with van der Waals surface area (Å²) in [6, 6.07) is 6.13. The van der Waals surface area contributed by atoms with E-state index in [0.717, 1.165) is 29.7 Å². The number of ether oxygens (including phenoxy) is 1. The predicted octanol–water partition coefficient (Wildman–Crippen LogP) is 1.45. The van der Waals surface area contributed by atoms with E-state index >= 15 is 0 Å². The van der Waals surface area contributed by atoms with Crippen LogP contribution in [-0.2, 0) is 16.1 Å². The van der Waals surface area contributed by atoms with Crippen molar-refractivity contribution in [3.8, 4) is 5.75 Å². The molecule has 2 aliphatic rings. The Morgan fingerprint density at radius 1 is 1.24 bits per heavy atom. The second-order valence-electron chi connectivity index (χ2n) is 7.19.